The Hall–Kier alpha value is -1.04. The van der Waals surface area contributed by atoms with E-state index in [0.717, 1.165) is 12.8 Å². The van der Waals surface area contributed by atoms with E-state index in [0.29, 0.717) is 0 Å². The van der Waals surface area contributed by atoms with E-state index in [2.05, 4.69) is 72.6 Å². The maximum absolute atomic E-state index is 5.89. The third-order valence-corrected chi connectivity index (χ3v) is 3.89. The molecule has 0 fully saturated rings. The van der Waals surface area contributed by atoms with E-state index in [4.69, 9.17) is 3.73 Å². The Labute approximate surface area is 118 Å². The van der Waals surface area contributed by atoms with E-state index < -0.39 is 0 Å². The van der Waals surface area contributed by atoms with Crippen LogP contribution in [0.1, 0.15) is 30.9 Å². The fourth-order valence-electron chi connectivity index (χ4n) is 2.37. The van der Waals surface area contributed by atoms with Crippen molar-refractivity contribution in [2.24, 2.45) is 0 Å². The Morgan fingerprint density at radius 2 is 1.33 bits per heavy atom. The number of benzene rings is 2. The summed E-state index contributed by atoms with van der Waals surface area (Å²) in [6.45, 7) is 2.19. The predicted octanol–water partition coefficient (Wildman–Crippen LogP) is 3.83. The van der Waals surface area contributed by atoms with Crippen LogP contribution in [0.2, 0.25) is 0 Å². The van der Waals surface area contributed by atoms with Gasteiger partial charge in [-0.1, -0.05) is 0 Å². The van der Waals surface area contributed by atoms with Crippen molar-refractivity contribution >= 4 is 17.2 Å². The van der Waals surface area contributed by atoms with Gasteiger partial charge in [0.05, 0.1) is 0 Å². The molecule has 2 aromatic carbocycles. The van der Waals surface area contributed by atoms with Crippen LogP contribution in [0, 0.1) is 0 Å². The second-order valence-electron chi connectivity index (χ2n) is 4.40. The Bertz CT molecular complexity index is 427. The maximum atomic E-state index is 5.89. The monoisotopic (exact) mass is 300 g/mol. The molecular formula is C16H17AsO. The molecule has 0 aliphatic heterocycles. The summed E-state index contributed by atoms with van der Waals surface area (Å²) in [6, 6.07) is 20.9. The minimum atomic E-state index is -0.350. The molecule has 2 aromatic rings. The van der Waals surface area contributed by atoms with Crippen LogP contribution in [0.3, 0.4) is 0 Å². The summed E-state index contributed by atoms with van der Waals surface area (Å²) in [7, 11) is 0. The van der Waals surface area contributed by atoms with Gasteiger partial charge in [-0.15, -0.1) is 0 Å². The van der Waals surface area contributed by atoms with Crippen molar-refractivity contribution in [2.75, 3.05) is 0 Å². The van der Waals surface area contributed by atoms with Crippen molar-refractivity contribution in [1.82, 2.24) is 0 Å². The van der Waals surface area contributed by atoms with Crippen molar-refractivity contribution in [3.63, 3.8) is 0 Å². The molecule has 18 heavy (non-hydrogen) atoms. The van der Waals surface area contributed by atoms with Gasteiger partial charge >= 0.3 is 118 Å². The summed E-state index contributed by atoms with van der Waals surface area (Å²) < 4.78 is 5.89. The van der Waals surface area contributed by atoms with Gasteiger partial charge in [-0.25, -0.2) is 0 Å². The van der Waals surface area contributed by atoms with E-state index in [1.807, 2.05) is 12.1 Å². The van der Waals surface area contributed by atoms with Crippen LogP contribution in [0.25, 0.3) is 0 Å². The molecule has 2 radical (unpaired) electrons. The molecule has 0 amide bonds. The van der Waals surface area contributed by atoms with Crippen LogP contribution < -0.4 is 0 Å². The van der Waals surface area contributed by atoms with Crippen molar-refractivity contribution in [1.29, 1.82) is 0 Å². The first-order chi connectivity index (χ1) is 8.83. The normalized spacial score (nSPS) is 11.4. The molecule has 0 spiro atoms. The zero-order valence-electron chi connectivity index (χ0n) is 10.5. The van der Waals surface area contributed by atoms with E-state index in [1.54, 1.807) is 0 Å². The first kappa shape index (κ1) is 13.4. The van der Waals surface area contributed by atoms with Gasteiger partial charge in [0, 0.05) is 0 Å². The van der Waals surface area contributed by atoms with Crippen LogP contribution in [-0.4, -0.2) is 17.2 Å². The fraction of sp³-hybridized carbons (Fsp3) is 0.250. The Morgan fingerprint density at radius 3 is 1.67 bits per heavy atom. The predicted molar refractivity (Wildman–Crippen MR) is 75.4 cm³/mol. The van der Waals surface area contributed by atoms with E-state index in [-0.39, 0.29) is 5.60 Å². The van der Waals surface area contributed by atoms with Crippen molar-refractivity contribution in [3.05, 3.63) is 71.8 Å². The minimum absolute atomic E-state index is 0.350. The summed E-state index contributed by atoms with van der Waals surface area (Å²) in [6.07, 6.45) is 2.04. The molecule has 0 atom stereocenters. The van der Waals surface area contributed by atoms with Gasteiger partial charge in [-0.3, -0.25) is 0 Å². The van der Waals surface area contributed by atoms with Crippen LogP contribution in [-0.2, 0) is 9.33 Å². The van der Waals surface area contributed by atoms with Crippen LogP contribution in [0.15, 0.2) is 60.7 Å². The number of hydrogen-bond donors (Lipinski definition) is 0. The molecule has 0 aliphatic carbocycles. The SMILES string of the molecule is CCCC(O[As])(c1ccccc1)c1ccccc1. The van der Waals surface area contributed by atoms with Gasteiger partial charge < -0.3 is 0 Å². The van der Waals surface area contributed by atoms with Gasteiger partial charge in [-0.05, 0) is 0 Å². The van der Waals surface area contributed by atoms with Gasteiger partial charge in [0.15, 0.2) is 0 Å². The summed E-state index contributed by atoms with van der Waals surface area (Å²) in [4.78, 5) is 0. The summed E-state index contributed by atoms with van der Waals surface area (Å²) in [5.41, 5.74) is 2.06. The zero-order valence-corrected chi connectivity index (χ0v) is 12.4. The van der Waals surface area contributed by atoms with E-state index in [9.17, 15) is 0 Å². The summed E-state index contributed by atoms with van der Waals surface area (Å²) in [5.74, 6) is 0. The molecule has 0 unspecified atom stereocenters. The van der Waals surface area contributed by atoms with Crippen LogP contribution >= 0.6 is 0 Å². The third kappa shape index (κ3) is 2.53. The Kier molecular flexibility index (Phi) is 4.63. The molecule has 0 aromatic heterocycles. The second-order valence-corrected chi connectivity index (χ2v) is 4.78. The zero-order chi connectivity index (χ0) is 12.8. The first-order valence-electron chi connectivity index (χ1n) is 6.27. The molecule has 0 bridgehead atoms. The van der Waals surface area contributed by atoms with Crippen molar-refractivity contribution < 1.29 is 3.73 Å². The van der Waals surface area contributed by atoms with Crippen LogP contribution in [0.4, 0.5) is 0 Å². The summed E-state index contributed by atoms with van der Waals surface area (Å²) in [5, 5.41) is 0. The van der Waals surface area contributed by atoms with E-state index in [1.165, 1.54) is 11.1 Å². The summed E-state index contributed by atoms with van der Waals surface area (Å²) >= 11 is 2.28. The Morgan fingerprint density at radius 1 is 0.889 bits per heavy atom. The average molecular weight is 300 g/mol. The topological polar surface area (TPSA) is 9.23 Å². The van der Waals surface area contributed by atoms with Crippen molar-refractivity contribution in [2.45, 2.75) is 25.4 Å². The fourth-order valence-corrected chi connectivity index (χ4v) is 3.01. The van der Waals surface area contributed by atoms with Gasteiger partial charge in [0.25, 0.3) is 0 Å². The number of hydrogen-bond acceptors (Lipinski definition) is 1. The standard InChI is InChI=1S/C16H17AsO/c1-2-13-16(18-17,14-9-5-3-6-10-14)15-11-7-4-8-12-15/h3-12H,2,13H2,1H3. The van der Waals surface area contributed by atoms with Gasteiger partial charge in [0.2, 0.25) is 0 Å². The first-order valence-corrected chi connectivity index (χ1v) is 7.03. The molecule has 1 nitrogen and oxygen atoms in total. The average Bonchev–Trinajstić information content (AvgIpc) is 2.47. The second kappa shape index (κ2) is 6.22. The Balaban J connectivity index is 2.53. The van der Waals surface area contributed by atoms with Crippen molar-refractivity contribution in [3.8, 4) is 0 Å². The molecular weight excluding hydrogens is 283 g/mol. The quantitative estimate of drug-likeness (QED) is 0.763. The van der Waals surface area contributed by atoms with Gasteiger partial charge in [0.1, 0.15) is 0 Å². The molecule has 92 valence electrons. The molecule has 0 saturated heterocycles. The van der Waals surface area contributed by atoms with Gasteiger partial charge in [-0.2, -0.15) is 0 Å². The molecule has 0 saturated carbocycles. The molecule has 0 heterocycles. The molecule has 2 heteroatoms. The molecule has 2 rings (SSSR count). The third-order valence-electron chi connectivity index (χ3n) is 3.24. The van der Waals surface area contributed by atoms with E-state index >= 15 is 0 Å². The molecule has 0 aliphatic rings. The van der Waals surface area contributed by atoms with Crippen LogP contribution in [0.5, 0.6) is 0 Å². The number of rotatable bonds is 5. The molecule has 0 N–H and O–H groups in total.